The zero-order chi connectivity index (χ0) is 12.6. The van der Waals surface area contributed by atoms with Crippen LogP contribution in [0.2, 0.25) is 0 Å². The van der Waals surface area contributed by atoms with Gasteiger partial charge in [0.1, 0.15) is 5.82 Å². The first-order chi connectivity index (χ1) is 8.72. The third kappa shape index (κ3) is 1.92. The topological polar surface area (TPSA) is 20.3 Å². The maximum Gasteiger partial charge on any atom is 0.233 e. The van der Waals surface area contributed by atoms with E-state index < -0.39 is 0 Å². The molecule has 0 aromatic heterocycles. The summed E-state index contributed by atoms with van der Waals surface area (Å²) in [6.07, 6.45) is 5.28. The van der Waals surface area contributed by atoms with Crippen molar-refractivity contribution in [3.05, 3.63) is 35.6 Å². The van der Waals surface area contributed by atoms with Crippen LogP contribution in [0.1, 0.15) is 37.7 Å². The molecule has 1 aliphatic heterocycles. The van der Waals surface area contributed by atoms with Crippen molar-refractivity contribution < 1.29 is 9.18 Å². The summed E-state index contributed by atoms with van der Waals surface area (Å²) < 4.78 is 13.0. The Morgan fingerprint density at radius 2 is 1.67 bits per heavy atom. The van der Waals surface area contributed by atoms with E-state index in [9.17, 15) is 9.18 Å². The summed E-state index contributed by atoms with van der Waals surface area (Å²) in [4.78, 5) is 14.6. The quantitative estimate of drug-likeness (QED) is 0.787. The summed E-state index contributed by atoms with van der Waals surface area (Å²) in [5.41, 5.74) is 0.657. The van der Waals surface area contributed by atoms with Gasteiger partial charge in [-0.25, -0.2) is 4.39 Å². The number of halogens is 1. The van der Waals surface area contributed by atoms with Gasteiger partial charge >= 0.3 is 0 Å². The predicted octanol–water partition coefficient (Wildman–Crippen LogP) is 2.87. The summed E-state index contributed by atoms with van der Waals surface area (Å²) in [6.45, 7) is 1.78. The number of carbonyl (C=O) groups is 1. The first-order valence-electron chi connectivity index (χ1n) is 6.78. The maximum absolute atomic E-state index is 13.0. The van der Waals surface area contributed by atoms with Gasteiger partial charge in [-0.3, -0.25) is 4.79 Å². The zero-order valence-electron chi connectivity index (χ0n) is 10.5. The van der Waals surface area contributed by atoms with E-state index in [-0.39, 0.29) is 17.1 Å². The maximum atomic E-state index is 13.0. The van der Waals surface area contributed by atoms with Crippen LogP contribution in [0.25, 0.3) is 0 Å². The summed E-state index contributed by atoms with van der Waals surface area (Å²) in [6, 6.07) is 6.45. The Balaban J connectivity index is 1.81. The monoisotopic (exact) mass is 247 g/mol. The molecule has 2 nitrogen and oxygen atoms in total. The highest BCUT2D eigenvalue weighted by molar-refractivity contribution is 5.91. The van der Waals surface area contributed by atoms with Crippen LogP contribution >= 0.6 is 0 Å². The van der Waals surface area contributed by atoms with Crippen molar-refractivity contribution in [1.82, 2.24) is 4.90 Å². The number of likely N-dealkylation sites (tertiary alicyclic amines) is 1. The Bertz CT molecular complexity index is 444. The van der Waals surface area contributed by atoms with Gasteiger partial charge in [0.2, 0.25) is 5.91 Å². The van der Waals surface area contributed by atoms with Crippen LogP contribution in [0.5, 0.6) is 0 Å². The van der Waals surface area contributed by atoms with Crippen molar-refractivity contribution in [1.29, 1.82) is 0 Å². The number of benzene rings is 1. The fourth-order valence-electron chi connectivity index (χ4n) is 2.92. The molecule has 0 bridgehead atoms. The number of hydrogen-bond donors (Lipinski definition) is 0. The van der Waals surface area contributed by atoms with E-state index in [4.69, 9.17) is 0 Å². The lowest BCUT2D eigenvalue weighted by molar-refractivity contribution is -0.134. The standard InChI is InChI=1S/C15H18FNO/c16-13-6-4-12(5-7-13)15(8-9-15)14(18)17-10-2-1-3-11-17/h4-7H,1-3,8-11H2. The van der Waals surface area contributed by atoms with Crippen molar-refractivity contribution in [2.24, 2.45) is 0 Å². The molecule has 1 heterocycles. The second kappa shape index (κ2) is 4.38. The number of amides is 1. The fourth-order valence-corrected chi connectivity index (χ4v) is 2.92. The lowest BCUT2D eigenvalue weighted by atomic mass is 9.93. The predicted molar refractivity (Wildman–Crippen MR) is 67.7 cm³/mol. The van der Waals surface area contributed by atoms with E-state index in [1.54, 1.807) is 12.1 Å². The molecule has 3 heteroatoms. The molecule has 1 saturated carbocycles. The molecule has 0 spiro atoms. The number of nitrogens with zero attached hydrogens (tertiary/aromatic N) is 1. The summed E-state index contributed by atoms with van der Waals surface area (Å²) >= 11 is 0. The third-order valence-electron chi connectivity index (χ3n) is 4.20. The van der Waals surface area contributed by atoms with Gasteiger partial charge in [0.15, 0.2) is 0 Å². The molecule has 1 aliphatic carbocycles. The van der Waals surface area contributed by atoms with E-state index >= 15 is 0 Å². The third-order valence-corrected chi connectivity index (χ3v) is 4.20. The van der Waals surface area contributed by atoms with Gasteiger partial charge in [0.05, 0.1) is 5.41 Å². The molecule has 0 N–H and O–H groups in total. The van der Waals surface area contributed by atoms with Crippen LogP contribution in [0.3, 0.4) is 0 Å². The average molecular weight is 247 g/mol. The van der Waals surface area contributed by atoms with Crippen LogP contribution in [0.15, 0.2) is 24.3 Å². The van der Waals surface area contributed by atoms with Crippen LogP contribution in [-0.4, -0.2) is 23.9 Å². The molecule has 0 radical (unpaired) electrons. The lowest BCUT2D eigenvalue weighted by Crippen LogP contribution is -2.42. The molecule has 3 rings (SSSR count). The normalized spacial score (nSPS) is 21.7. The average Bonchev–Trinajstić information content (AvgIpc) is 3.21. The van der Waals surface area contributed by atoms with Gasteiger partial charge in [0.25, 0.3) is 0 Å². The van der Waals surface area contributed by atoms with Gasteiger partial charge < -0.3 is 4.90 Å². The van der Waals surface area contributed by atoms with Crippen molar-refractivity contribution in [3.8, 4) is 0 Å². The molecule has 1 saturated heterocycles. The molecule has 0 atom stereocenters. The molecule has 1 aromatic carbocycles. The molecular weight excluding hydrogens is 229 g/mol. The van der Waals surface area contributed by atoms with E-state index in [2.05, 4.69) is 0 Å². The molecule has 1 aromatic rings. The Labute approximate surface area is 107 Å². The minimum absolute atomic E-state index is 0.236. The Kier molecular flexibility index (Phi) is 2.84. The summed E-state index contributed by atoms with van der Waals surface area (Å²) in [5, 5.41) is 0. The van der Waals surface area contributed by atoms with Crippen LogP contribution in [0, 0.1) is 5.82 Å². The first-order valence-corrected chi connectivity index (χ1v) is 6.78. The second-order valence-electron chi connectivity index (χ2n) is 5.44. The highest BCUT2D eigenvalue weighted by atomic mass is 19.1. The van der Waals surface area contributed by atoms with Crippen LogP contribution < -0.4 is 0 Å². The van der Waals surface area contributed by atoms with Crippen LogP contribution in [-0.2, 0) is 10.2 Å². The zero-order valence-corrected chi connectivity index (χ0v) is 10.5. The number of hydrogen-bond acceptors (Lipinski definition) is 1. The van der Waals surface area contributed by atoms with Crippen molar-refractivity contribution in [2.45, 2.75) is 37.5 Å². The minimum Gasteiger partial charge on any atom is -0.342 e. The van der Waals surface area contributed by atoms with E-state index in [1.165, 1.54) is 18.6 Å². The SMILES string of the molecule is O=C(N1CCCCC1)C1(c2ccc(F)cc2)CC1. The lowest BCUT2D eigenvalue weighted by Gasteiger charge is -2.30. The number of carbonyl (C=O) groups excluding carboxylic acids is 1. The Morgan fingerprint density at radius 1 is 1.06 bits per heavy atom. The minimum atomic E-state index is -0.328. The van der Waals surface area contributed by atoms with Crippen molar-refractivity contribution in [2.75, 3.05) is 13.1 Å². The molecule has 0 unspecified atom stereocenters. The summed E-state index contributed by atoms with van der Waals surface area (Å²) in [5.74, 6) is 0.0220. The van der Waals surface area contributed by atoms with E-state index in [0.717, 1.165) is 44.3 Å². The Morgan fingerprint density at radius 3 is 2.22 bits per heavy atom. The van der Waals surface area contributed by atoms with Crippen molar-refractivity contribution in [3.63, 3.8) is 0 Å². The molecule has 2 aliphatic rings. The molecule has 2 fully saturated rings. The van der Waals surface area contributed by atoms with E-state index in [1.807, 2.05) is 4.90 Å². The highest BCUT2D eigenvalue weighted by Gasteiger charge is 2.52. The largest absolute Gasteiger partial charge is 0.342 e. The molecule has 1 amide bonds. The van der Waals surface area contributed by atoms with Gasteiger partial charge in [0, 0.05) is 13.1 Å². The molecule has 18 heavy (non-hydrogen) atoms. The van der Waals surface area contributed by atoms with Crippen molar-refractivity contribution >= 4 is 5.91 Å². The van der Waals surface area contributed by atoms with Gasteiger partial charge in [-0.15, -0.1) is 0 Å². The Hall–Kier alpha value is -1.38. The smallest absolute Gasteiger partial charge is 0.233 e. The van der Waals surface area contributed by atoms with Gasteiger partial charge in [-0.1, -0.05) is 12.1 Å². The van der Waals surface area contributed by atoms with Crippen LogP contribution in [0.4, 0.5) is 4.39 Å². The molecular formula is C15H18FNO. The number of piperidine rings is 1. The van der Waals surface area contributed by atoms with Gasteiger partial charge in [-0.05, 0) is 49.8 Å². The van der Waals surface area contributed by atoms with Gasteiger partial charge in [-0.2, -0.15) is 0 Å². The summed E-state index contributed by atoms with van der Waals surface area (Å²) in [7, 11) is 0. The first kappa shape index (κ1) is 11.7. The number of rotatable bonds is 2. The highest BCUT2D eigenvalue weighted by Crippen LogP contribution is 2.49. The van der Waals surface area contributed by atoms with E-state index in [0.29, 0.717) is 0 Å². The molecule has 96 valence electrons. The second-order valence-corrected chi connectivity index (χ2v) is 5.44. The fraction of sp³-hybridized carbons (Fsp3) is 0.533.